The molecule has 3 aliphatic rings. The highest BCUT2D eigenvalue weighted by atomic mass is 32.2. The van der Waals surface area contributed by atoms with Gasteiger partial charge in [-0.3, -0.25) is 0 Å². The van der Waals surface area contributed by atoms with Crippen LogP contribution in [0.25, 0.3) is 0 Å². The van der Waals surface area contributed by atoms with Crippen LogP contribution in [-0.4, -0.2) is 25.7 Å². The fourth-order valence-corrected chi connectivity index (χ4v) is 8.73. The Morgan fingerprint density at radius 2 is 1.68 bits per heavy atom. The van der Waals surface area contributed by atoms with Crippen molar-refractivity contribution < 1.29 is 13.5 Å². The monoisotopic (exact) mass is 457 g/mol. The number of rotatable bonds is 3. The molecule has 31 heavy (non-hydrogen) atoms. The van der Waals surface area contributed by atoms with Crippen molar-refractivity contribution in [3.8, 4) is 0 Å². The molecule has 2 aromatic carbocycles. The van der Waals surface area contributed by atoms with E-state index in [-0.39, 0.29) is 17.6 Å². The molecule has 1 spiro atoms. The molecular weight excluding hydrogens is 426 g/mol. The lowest BCUT2D eigenvalue weighted by atomic mass is 9.65. The zero-order valence-corrected chi connectivity index (χ0v) is 19.7. The molecule has 1 heterocycles. The van der Waals surface area contributed by atoms with Gasteiger partial charge in [-0.25, -0.2) is 13.1 Å². The number of fused-ring (bicyclic) bond motifs is 4. The normalized spacial score (nSPS) is 25.1. The van der Waals surface area contributed by atoms with Gasteiger partial charge in [0.15, 0.2) is 0 Å². The predicted molar refractivity (Wildman–Crippen MR) is 124 cm³/mol. The quantitative estimate of drug-likeness (QED) is 0.657. The van der Waals surface area contributed by atoms with Crippen molar-refractivity contribution in [3.63, 3.8) is 0 Å². The van der Waals surface area contributed by atoms with Crippen LogP contribution in [0.4, 0.5) is 0 Å². The molecule has 2 saturated carbocycles. The van der Waals surface area contributed by atoms with Crippen LogP contribution >= 0.6 is 11.8 Å². The molecule has 0 unspecified atom stereocenters. The molecule has 2 fully saturated rings. The van der Waals surface area contributed by atoms with Gasteiger partial charge in [-0.05, 0) is 74.3 Å². The smallest absolute Gasteiger partial charge is 0.241 e. The third-order valence-corrected chi connectivity index (χ3v) is 10.2. The number of aryl methyl sites for hydroxylation is 1. The second kappa shape index (κ2) is 8.22. The van der Waals surface area contributed by atoms with Crippen molar-refractivity contribution in [3.05, 3.63) is 53.1 Å². The molecule has 1 aliphatic heterocycles. The maximum atomic E-state index is 13.3. The van der Waals surface area contributed by atoms with Gasteiger partial charge in [-0.1, -0.05) is 55.3 Å². The summed E-state index contributed by atoms with van der Waals surface area (Å²) in [5.41, 5.74) is 3.57. The van der Waals surface area contributed by atoms with Crippen LogP contribution in [0.5, 0.6) is 0 Å². The van der Waals surface area contributed by atoms with E-state index in [2.05, 4.69) is 35.1 Å². The van der Waals surface area contributed by atoms with Gasteiger partial charge in [0.05, 0.1) is 11.0 Å². The van der Waals surface area contributed by atoms with Gasteiger partial charge in [0.25, 0.3) is 0 Å². The van der Waals surface area contributed by atoms with E-state index in [0.717, 1.165) is 23.3 Å². The number of benzene rings is 2. The first-order chi connectivity index (χ1) is 14.9. The summed E-state index contributed by atoms with van der Waals surface area (Å²) < 4.78 is 29.6. The SMILES string of the molecule is Cc1cc2c(cc1S(=O)(=O)N[C@H]1CC[C@H](O)CC1)Sc1ccccc1C21CCCCC1. The molecule has 4 nitrogen and oxygen atoms in total. The number of aliphatic hydroxyl groups excluding tert-OH is 1. The average Bonchev–Trinajstić information content (AvgIpc) is 2.76. The Hall–Kier alpha value is -1.34. The molecule has 2 aliphatic carbocycles. The summed E-state index contributed by atoms with van der Waals surface area (Å²) in [7, 11) is -3.61. The molecule has 2 N–H and O–H groups in total. The van der Waals surface area contributed by atoms with E-state index < -0.39 is 10.0 Å². The van der Waals surface area contributed by atoms with Crippen molar-refractivity contribution in [2.45, 2.75) is 97.0 Å². The first-order valence-electron chi connectivity index (χ1n) is 11.5. The lowest BCUT2D eigenvalue weighted by molar-refractivity contribution is 0.120. The standard InChI is InChI=1S/C25H31NO3S2/c1-17-15-21-23(16-24(17)31(28,29)26-18-9-11-19(27)12-10-18)30-22-8-4-3-7-20(22)25(21)13-5-2-6-14-25/h3-4,7-8,15-16,18-19,26-27H,2,5-6,9-14H2,1H3/t18-,19-. The Labute approximate surface area is 189 Å². The lowest BCUT2D eigenvalue weighted by Gasteiger charge is -2.43. The molecule has 0 atom stereocenters. The van der Waals surface area contributed by atoms with E-state index in [9.17, 15) is 13.5 Å². The molecule has 0 aromatic heterocycles. The van der Waals surface area contributed by atoms with Crippen LogP contribution in [0.2, 0.25) is 0 Å². The number of hydrogen-bond donors (Lipinski definition) is 2. The molecule has 5 rings (SSSR count). The van der Waals surface area contributed by atoms with Crippen molar-refractivity contribution >= 4 is 21.8 Å². The van der Waals surface area contributed by atoms with E-state index in [1.165, 1.54) is 35.3 Å². The van der Waals surface area contributed by atoms with Gasteiger partial charge in [-0.2, -0.15) is 0 Å². The molecule has 0 bridgehead atoms. The Morgan fingerprint density at radius 1 is 0.968 bits per heavy atom. The van der Waals surface area contributed by atoms with Gasteiger partial charge < -0.3 is 5.11 Å². The zero-order chi connectivity index (χ0) is 21.6. The fourth-order valence-electron chi connectivity index (χ4n) is 5.80. The van der Waals surface area contributed by atoms with E-state index in [1.807, 2.05) is 13.0 Å². The summed E-state index contributed by atoms with van der Waals surface area (Å²) in [4.78, 5) is 2.75. The maximum Gasteiger partial charge on any atom is 0.241 e. The van der Waals surface area contributed by atoms with Gasteiger partial charge >= 0.3 is 0 Å². The highest BCUT2D eigenvalue weighted by Gasteiger charge is 2.42. The van der Waals surface area contributed by atoms with Crippen LogP contribution in [0.15, 0.2) is 51.1 Å². The van der Waals surface area contributed by atoms with Crippen LogP contribution in [0.3, 0.4) is 0 Å². The lowest BCUT2D eigenvalue weighted by Crippen LogP contribution is -2.39. The molecule has 2 aromatic rings. The van der Waals surface area contributed by atoms with Gasteiger partial charge in [-0.15, -0.1) is 0 Å². The fraction of sp³-hybridized carbons (Fsp3) is 0.520. The van der Waals surface area contributed by atoms with Crippen molar-refractivity contribution in [1.29, 1.82) is 0 Å². The van der Waals surface area contributed by atoms with Crippen LogP contribution in [-0.2, 0) is 15.4 Å². The van der Waals surface area contributed by atoms with Crippen molar-refractivity contribution in [1.82, 2.24) is 4.72 Å². The number of aliphatic hydroxyl groups is 1. The third-order valence-electron chi connectivity index (χ3n) is 7.43. The summed E-state index contributed by atoms with van der Waals surface area (Å²) in [5.74, 6) is 0. The molecule has 0 radical (unpaired) electrons. The molecule has 166 valence electrons. The largest absolute Gasteiger partial charge is 0.393 e. The van der Waals surface area contributed by atoms with Gasteiger partial charge in [0.1, 0.15) is 0 Å². The maximum absolute atomic E-state index is 13.3. The molecule has 6 heteroatoms. The number of hydrogen-bond acceptors (Lipinski definition) is 4. The molecule has 0 amide bonds. The summed E-state index contributed by atoms with van der Waals surface area (Å²) in [6.45, 7) is 1.93. The van der Waals surface area contributed by atoms with Crippen molar-refractivity contribution in [2.75, 3.05) is 0 Å². The number of nitrogens with one attached hydrogen (secondary N) is 1. The first kappa shape index (κ1) is 21.5. The second-order valence-electron chi connectivity index (χ2n) is 9.48. The Kier molecular flexibility index (Phi) is 5.70. The number of sulfonamides is 1. The van der Waals surface area contributed by atoms with Crippen molar-refractivity contribution in [2.24, 2.45) is 0 Å². The topological polar surface area (TPSA) is 66.4 Å². The summed E-state index contributed by atoms with van der Waals surface area (Å²) in [6, 6.07) is 12.6. The second-order valence-corrected chi connectivity index (χ2v) is 12.2. The minimum atomic E-state index is -3.61. The minimum Gasteiger partial charge on any atom is -0.393 e. The van der Waals surface area contributed by atoms with Crippen LogP contribution < -0.4 is 4.72 Å². The third kappa shape index (κ3) is 3.86. The molecular formula is C25H31NO3S2. The van der Waals surface area contributed by atoms with Crippen LogP contribution in [0.1, 0.15) is 74.5 Å². The first-order valence-corrected chi connectivity index (χ1v) is 13.8. The van der Waals surface area contributed by atoms with E-state index in [1.54, 1.807) is 11.8 Å². The Balaban J connectivity index is 1.54. The molecule has 0 saturated heterocycles. The van der Waals surface area contributed by atoms with E-state index >= 15 is 0 Å². The summed E-state index contributed by atoms with van der Waals surface area (Å²) in [6.07, 6.45) is 8.37. The highest BCUT2D eigenvalue weighted by Crippen LogP contribution is 2.55. The average molecular weight is 458 g/mol. The summed E-state index contributed by atoms with van der Waals surface area (Å²) >= 11 is 1.71. The predicted octanol–water partition coefficient (Wildman–Crippen LogP) is 5.29. The van der Waals surface area contributed by atoms with E-state index in [0.29, 0.717) is 30.6 Å². The summed E-state index contributed by atoms with van der Waals surface area (Å²) in [5, 5.41) is 9.74. The Bertz CT molecular complexity index is 1080. The highest BCUT2D eigenvalue weighted by molar-refractivity contribution is 7.99. The van der Waals surface area contributed by atoms with Gasteiger partial charge in [0, 0.05) is 21.2 Å². The zero-order valence-electron chi connectivity index (χ0n) is 18.1. The van der Waals surface area contributed by atoms with Crippen LogP contribution in [0, 0.1) is 6.92 Å². The Morgan fingerprint density at radius 3 is 2.42 bits per heavy atom. The van der Waals surface area contributed by atoms with Gasteiger partial charge in [0.2, 0.25) is 10.0 Å². The minimum absolute atomic E-state index is 0.00934. The van der Waals surface area contributed by atoms with E-state index in [4.69, 9.17) is 0 Å².